The van der Waals surface area contributed by atoms with Gasteiger partial charge in [0.2, 0.25) is 4.96 Å². The molecule has 1 aliphatic rings. The van der Waals surface area contributed by atoms with Gasteiger partial charge in [-0.2, -0.15) is 14.6 Å². The summed E-state index contributed by atoms with van der Waals surface area (Å²) in [6, 6.07) is 15.1. The van der Waals surface area contributed by atoms with Gasteiger partial charge in [0, 0.05) is 12.0 Å². The van der Waals surface area contributed by atoms with Gasteiger partial charge in [-0.15, -0.1) is 0 Å². The number of fused-ring (bicyclic) bond motifs is 2. The van der Waals surface area contributed by atoms with Gasteiger partial charge in [-0.3, -0.25) is 9.59 Å². The Bertz CT molecular complexity index is 1490. The number of hydrogen-bond acceptors (Lipinski definition) is 7. The van der Waals surface area contributed by atoms with Gasteiger partial charge in [0.15, 0.2) is 0 Å². The lowest BCUT2D eigenvalue weighted by Gasteiger charge is -2.15. The van der Waals surface area contributed by atoms with Crippen molar-refractivity contribution < 1.29 is 9.47 Å². The van der Waals surface area contributed by atoms with Crippen LogP contribution in [0.25, 0.3) is 17.1 Å². The molecule has 0 unspecified atom stereocenters. The number of hydrogen-bond donors (Lipinski definition) is 0. The van der Waals surface area contributed by atoms with E-state index in [2.05, 4.69) is 10.1 Å². The van der Waals surface area contributed by atoms with Crippen molar-refractivity contribution in [1.82, 2.24) is 14.6 Å². The number of ether oxygens (including phenoxy) is 2. The minimum Gasteiger partial charge on any atom is -0.497 e. The molecule has 0 amide bonds. The zero-order valence-electron chi connectivity index (χ0n) is 16.6. The van der Waals surface area contributed by atoms with E-state index < -0.39 is 5.56 Å². The van der Waals surface area contributed by atoms with Crippen LogP contribution in [0.1, 0.15) is 16.8 Å². The number of aromatic nitrogens is 3. The van der Waals surface area contributed by atoms with Crippen molar-refractivity contribution in [1.29, 1.82) is 0 Å². The first-order valence-electron chi connectivity index (χ1n) is 9.60. The molecule has 0 atom stereocenters. The summed E-state index contributed by atoms with van der Waals surface area (Å²) >= 11 is 1.14. The average molecular weight is 431 g/mol. The van der Waals surface area contributed by atoms with Crippen LogP contribution >= 0.6 is 11.3 Å². The van der Waals surface area contributed by atoms with Crippen LogP contribution in [0.2, 0.25) is 0 Å². The molecule has 0 radical (unpaired) electrons. The van der Waals surface area contributed by atoms with E-state index in [-0.39, 0.29) is 22.6 Å². The van der Waals surface area contributed by atoms with Gasteiger partial charge in [0.05, 0.1) is 11.6 Å². The van der Waals surface area contributed by atoms with Crippen LogP contribution in [0.5, 0.6) is 11.5 Å². The molecule has 8 heteroatoms. The minimum atomic E-state index is -0.433. The molecule has 4 aromatic rings. The quantitative estimate of drug-likeness (QED) is 0.492. The van der Waals surface area contributed by atoms with Crippen molar-refractivity contribution in [2.45, 2.75) is 6.42 Å². The van der Waals surface area contributed by atoms with Crippen LogP contribution in [0.3, 0.4) is 0 Å². The highest BCUT2D eigenvalue weighted by molar-refractivity contribution is 7.15. The van der Waals surface area contributed by atoms with Crippen LogP contribution in [-0.4, -0.2) is 28.3 Å². The van der Waals surface area contributed by atoms with Gasteiger partial charge in [-0.25, -0.2) is 0 Å². The van der Waals surface area contributed by atoms with E-state index in [9.17, 15) is 9.59 Å². The third kappa shape index (κ3) is 3.73. The summed E-state index contributed by atoms with van der Waals surface area (Å²) < 4.78 is 12.6. The molecular formula is C23H17N3O4S. The first kappa shape index (κ1) is 19.2. The number of methoxy groups -OCH3 is 1. The first-order chi connectivity index (χ1) is 15.1. The molecular weight excluding hydrogens is 414 g/mol. The van der Waals surface area contributed by atoms with E-state index in [0.29, 0.717) is 11.1 Å². The summed E-state index contributed by atoms with van der Waals surface area (Å²) in [6.45, 7) is 0.367. The fraction of sp³-hybridized carbons (Fsp3) is 0.130. The first-order valence-corrected chi connectivity index (χ1v) is 10.4. The lowest BCUT2D eigenvalue weighted by molar-refractivity contribution is 0.352. The molecule has 0 spiro atoms. The number of benzene rings is 2. The zero-order chi connectivity index (χ0) is 21.4. The second-order valence-corrected chi connectivity index (χ2v) is 8.05. The molecule has 5 rings (SSSR count). The van der Waals surface area contributed by atoms with E-state index in [1.165, 1.54) is 4.52 Å². The number of para-hydroxylation sites is 1. The molecule has 0 bridgehead atoms. The molecule has 2 aromatic heterocycles. The van der Waals surface area contributed by atoms with Crippen molar-refractivity contribution in [3.8, 4) is 11.5 Å². The van der Waals surface area contributed by atoms with Gasteiger partial charge in [-0.05, 0) is 41.5 Å². The van der Waals surface area contributed by atoms with Crippen LogP contribution in [0.4, 0.5) is 0 Å². The Labute approximate surface area is 180 Å². The zero-order valence-corrected chi connectivity index (χ0v) is 17.4. The summed E-state index contributed by atoms with van der Waals surface area (Å²) in [5.74, 6) is 1.54. The fourth-order valence-corrected chi connectivity index (χ4v) is 4.29. The standard InChI is InChI=1S/C23H17N3O4S/c1-29-17-8-6-14(7-9-17)11-18-21(27)24-23-26(25-18)22(28)20(31-23)12-15-10-16-4-2-3-5-19(16)30-13-15/h2-10,12H,11,13H2,1H3. The van der Waals surface area contributed by atoms with E-state index in [4.69, 9.17) is 9.47 Å². The van der Waals surface area contributed by atoms with E-state index in [1.54, 1.807) is 13.2 Å². The maximum atomic E-state index is 12.9. The van der Waals surface area contributed by atoms with Crippen molar-refractivity contribution in [3.63, 3.8) is 0 Å². The van der Waals surface area contributed by atoms with Crippen LogP contribution in [0.15, 0.2) is 63.7 Å². The molecule has 0 fully saturated rings. The largest absolute Gasteiger partial charge is 0.497 e. The molecule has 0 aliphatic carbocycles. The molecule has 0 saturated carbocycles. The van der Waals surface area contributed by atoms with Gasteiger partial charge >= 0.3 is 0 Å². The highest BCUT2D eigenvalue weighted by atomic mass is 32.1. The number of rotatable bonds is 4. The number of nitrogens with zero attached hydrogens (tertiary/aromatic N) is 3. The highest BCUT2D eigenvalue weighted by Gasteiger charge is 2.14. The summed E-state index contributed by atoms with van der Waals surface area (Å²) in [4.78, 5) is 29.7. The molecule has 3 heterocycles. The predicted octanol–water partition coefficient (Wildman–Crippen LogP) is 2.09. The molecule has 154 valence electrons. The van der Waals surface area contributed by atoms with Gasteiger partial charge < -0.3 is 9.47 Å². The molecule has 31 heavy (non-hydrogen) atoms. The smallest absolute Gasteiger partial charge is 0.296 e. The van der Waals surface area contributed by atoms with Gasteiger partial charge in [0.25, 0.3) is 11.1 Å². The fourth-order valence-electron chi connectivity index (χ4n) is 3.37. The summed E-state index contributed by atoms with van der Waals surface area (Å²) in [6.07, 6.45) is 4.04. The van der Waals surface area contributed by atoms with E-state index in [0.717, 1.165) is 39.5 Å². The maximum Gasteiger partial charge on any atom is 0.296 e. The Morgan fingerprint density at radius 3 is 2.77 bits per heavy atom. The molecule has 7 nitrogen and oxygen atoms in total. The van der Waals surface area contributed by atoms with Crippen molar-refractivity contribution >= 4 is 28.4 Å². The van der Waals surface area contributed by atoms with E-state index in [1.807, 2.05) is 54.6 Å². The average Bonchev–Trinajstić information content (AvgIpc) is 3.08. The maximum absolute atomic E-state index is 12.9. The summed E-state index contributed by atoms with van der Waals surface area (Å²) in [5, 5.41) is 4.30. The van der Waals surface area contributed by atoms with Gasteiger partial charge in [-0.1, -0.05) is 41.7 Å². The second kappa shape index (κ2) is 7.81. The van der Waals surface area contributed by atoms with Crippen molar-refractivity contribution in [3.05, 3.63) is 96.2 Å². The molecule has 0 N–H and O–H groups in total. The number of thiazole rings is 1. The Hall–Kier alpha value is -3.78. The third-order valence-electron chi connectivity index (χ3n) is 4.95. The topological polar surface area (TPSA) is 82.8 Å². The van der Waals surface area contributed by atoms with Crippen molar-refractivity contribution in [2.75, 3.05) is 13.7 Å². The Morgan fingerprint density at radius 2 is 1.97 bits per heavy atom. The SMILES string of the molecule is COc1ccc(Cc2nn3c(=O)c(=CC4=Cc5ccccc5OC4)sc3nc2=O)cc1. The lowest BCUT2D eigenvalue weighted by atomic mass is 10.1. The van der Waals surface area contributed by atoms with Crippen LogP contribution < -0.4 is 25.1 Å². The Kier molecular flexibility index (Phi) is 4.83. The Morgan fingerprint density at radius 1 is 1.16 bits per heavy atom. The van der Waals surface area contributed by atoms with Crippen molar-refractivity contribution in [2.24, 2.45) is 0 Å². The molecule has 1 aliphatic heterocycles. The predicted molar refractivity (Wildman–Crippen MR) is 119 cm³/mol. The minimum absolute atomic E-state index is 0.221. The normalized spacial score (nSPS) is 13.6. The second-order valence-electron chi connectivity index (χ2n) is 7.04. The molecule has 0 saturated heterocycles. The van der Waals surface area contributed by atoms with Crippen LogP contribution in [0, 0.1) is 0 Å². The molecule has 2 aromatic carbocycles. The van der Waals surface area contributed by atoms with Crippen LogP contribution in [-0.2, 0) is 6.42 Å². The Balaban J connectivity index is 1.53. The van der Waals surface area contributed by atoms with E-state index >= 15 is 0 Å². The third-order valence-corrected chi connectivity index (χ3v) is 5.91. The monoisotopic (exact) mass is 431 g/mol. The summed E-state index contributed by atoms with van der Waals surface area (Å²) in [7, 11) is 1.59. The van der Waals surface area contributed by atoms with Gasteiger partial charge in [0.1, 0.15) is 23.8 Å². The summed E-state index contributed by atoms with van der Waals surface area (Å²) in [5.41, 5.74) is 2.19. The highest BCUT2D eigenvalue weighted by Crippen LogP contribution is 2.26. The lowest BCUT2D eigenvalue weighted by Crippen LogP contribution is -2.28.